The summed E-state index contributed by atoms with van der Waals surface area (Å²) in [6.45, 7) is 8.05. The third-order valence-corrected chi connectivity index (χ3v) is 4.31. The summed E-state index contributed by atoms with van der Waals surface area (Å²) >= 11 is 0. The van der Waals surface area contributed by atoms with E-state index in [1.165, 1.54) is 11.4 Å². The van der Waals surface area contributed by atoms with Crippen LogP contribution in [-0.4, -0.2) is 43.6 Å². The lowest BCUT2D eigenvalue weighted by atomic mass is 10.3. The molecule has 0 aliphatic heterocycles. The van der Waals surface area contributed by atoms with Gasteiger partial charge in [-0.1, -0.05) is 12.2 Å². The minimum absolute atomic E-state index is 0.0816. The van der Waals surface area contributed by atoms with Crippen LogP contribution in [0, 0.1) is 6.92 Å². The van der Waals surface area contributed by atoms with Gasteiger partial charge in [0.05, 0.1) is 0 Å². The molecule has 1 aromatic heterocycles. The smallest absolute Gasteiger partial charge is 0.262 e. The highest BCUT2D eigenvalue weighted by Crippen LogP contribution is 2.19. The second kappa shape index (κ2) is 5.64. The van der Waals surface area contributed by atoms with Gasteiger partial charge in [0.25, 0.3) is 10.0 Å². The van der Waals surface area contributed by atoms with Crippen LogP contribution in [0.1, 0.15) is 18.2 Å². The molecule has 1 aromatic rings. The van der Waals surface area contributed by atoms with Gasteiger partial charge in [0.2, 0.25) is 0 Å². The first-order chi connectivity index (χ1) is 8.30. The lowest BCUT2D eigenvalue weighted by molar-refractivity contribution is 0.488. The van der Waals surface area contributed by atoms with Crippen molar-refractivity contribution in [1.82, 2.24) is 19.8 Å². The fraction of sp³-hybridized carbons (Fsp3) is 0.545. The Hall–Kier alpha value is -1.18. The van der Waals surface area contributed by atoms with Gasteiger partial charge in [0.15, 0.2) is 5.03 Å². The van der Waals surface area contributed by atoms with Crippen molar-refractivity contribution in [2.45, 2.75) is 25.4 Å². The second-order valence-electron chi connectivity index (χ2n) is 4.38. The van der Waals surface area contributed by atoms with Crippen LogP contribution in [0.2, 0.25) is 0 Å². The first-order valence-corrected chi connectivity index (χ1v) is 7.03. The highest BCUT2D eigenvalue weighted by Gasteiger charge is 2.27. The van der Waals surface area contributed by atoms with Crippen molar-refractivity contribution in [1.29, 1.82) is 0 Å². The van der Waals surface area contributed by atoms with E-state index in [1.807, 2.05) is 0 Å². The molecule has 0 amide bonds. The van der Waals surface area contributed by atoms with E-state index in [-0.39, 0.29) is 11.6 Å². The number of nitrogens with one attached hydrogen (secondary N) is 2. The lowest BCUT2D eigenvalue weighted by Gasteiger charge is -2.16. The summed E-state index contributed by atoms with van der Waals surface area (Å²) in [5.41, 5.74) is 2.21. The average molecular weight is 272 g/mol. The number of hydrogen-bond acceptors (Lipinski definition) is 4. The van der Waals surface area contributed by atoms with Gasteiger partial charge < -0.3 is 5.32 Å². The van der Waals surface area contributed by atoms with Gasteiger partial charge in [-0.25, -0.2) is 8.42 Å². The van der Waals surface area contributed by atoms with Gasteiger partial charge in [0.1, 0.15) is 0 Å². The van der Waals surface area contributed by atoms with E-state index in [0.29, 0.717) is 12.1 Å². The number of nitrogens with zero attached hydrogens (tertiary/aromatic N) is 2. The Bertz CT molecular complexity index is 533. The van der Waals surface area contributed by atoms with Crippen LogP contribution in [0.25, 0.3) is 0 Å². The third kappa shape index (κ3) is 2.98. The lowest BCUT2D eigenvalue weighted by Crippen LogP contribution is -2.29. The van der Waals surface area contributed by atoms with Crippen LogP contribution < -0.4 is 5.32 Å². The Kier molecular flexibility index (Phi) is 4.66. The van der Waals surface area contributed by atoms with Crippen LogP contribution in [-0.2, 0) is 16.6 Å². The molecular weight excluding hydrogens is 252 g/mol. The standard InChI is InChI=1S/C11H20N4O2S/c1-8(2)7-15(5)18(16,17)11-10(6-12-4)9(3)13-14-11/h12H,1,6-7H2,2-5H3,(H,13,14). The molecule has 102 valence electrons. The summed E-state index contributed by atoms with van der Waals surface area (Å²) in [5.74, 6) is 0. The molecule has 18 heavy (non-hydrogen) atoms. The Morgan fingerprint density at radius 1 is 1.56 bits per heavy atom. The molecule has 0 aliphatic rings. The van der Waals surface area contributed by atoms with Gasteiger partial charge in [-0.05, 0) is 20.9 Å². The van der Waals surface area contributed by atoms with Gasteiger partial charge >= 0.3 is 0 Å². The van der Waals surface area contributed by atoms with E-state index in [2.05, 4.69) is 22.1 Å². The molecule has 0 radical (unpaired) electrons. The van der Waals surface area contributed by atoms with Crippen molar-refractivity contribution < 1.29 is 8.42 Å². The molecule has 0 aromatic carbocycles. The number of sulfonamides is 1. The van der Waals surface area contributed by atoms with Crippen LogP contribution in [0.15, 0.2) is 17.2 Å². The number of aromatic amines is 1. The fourth-order valence-electron chi connectivity index (χ4n) is 1.64. The van der Waals surface area contributed by atoms with Crippen LogP contribution in [0.4, 0.5) is 0 Å². The summed E-state index contributed by atoms with van der Waals surface area (Å²) in [6, 6.07) is 0. The van der Waals surface area contributed by atoms with Crippen LogP contribution >= 0.6 is 0 Å². The van der Waals surface area contributed by atoms with Crippen molar-refractivity contribution >= 4 is 10.0 Å². The van der Waals surface area contributed by atoms with Crippen molar-refractivity contribution in [3.63, 3.8) is 0 Å². The molecule has 0 bridgehead atoms. The summed E-state index contributed by atoms with van der Waals surface area (Å²) in [4.78, 5) is 0. The highest BCUT2D eigenvalue weighted by molar-refractivity contribution is 7.89. The molecule has 0 atom stereocenters. The van der Waals surface area contributed by atoms with Gasteiger partial charge in [0, 0.05) is 31.4 Å². The SMILES string of the molecule is C=C(C)CN(C)S(=O)(=O)c1n[nH]c(C)c1CNC. The van der Waals surface area contributed by atoms with Crippen molar-refractivity contribution in [2.75, 3.05) is 20.6 Å². The van der Waals surface area contributed by atoms with E-state index in [1.54, 1.807) is 20.9 Å². The topological polar surface area (TPSA) is 78.1 Å². The Morgan fingerprint density at radius 3 is 2.67 bits per heavy atom. The third-order valence-electron chi connectivity index (χ3n) is 2.54. The normalized spacial score (nSPS) is 12.1. The first kappa shape index (κ1) is 14.9. The van der Waals surface area contributed by atoms with Crippen molar-refractivity contribution in [3.05, 3.63) is 23.4 Å². The zero-order valence-electron chi connectivity index (χ0n) is 11.2. The maximum absolute atomic E-state index is 12.4. The second-order valence-corrected chi connectivity index (χ2v) is 6.34. The van der Waals surface area contributed by atoms with Crippen LogP contribution in [0.5, 0.6) is 0 Å². The number of aryl methyl sites for hydroxylation is 1. The van der Waals surface area contributed by atoms with Crippen LogP contribution in [0.3, 0.4) is 0 Å². The molecule has 1 heterocycles. The minimum atomic E-state index is -3.58. The van der Waals surface area contributed by atoms with Gasteiger partial charge in [-0.2, -0.15) is 9.40 Å². The Balaban J connectivity index is 3.16. The van der Waals surface area contributed by atoms with E-state index in [9.17, 15) is 8.42 Å². The van der Waals surface area contributed by atoms with E-state index < -0.39 is 10.0 Å². The Labute approximate surface area is 108 Å². The number of hydrogen-bond donors (Lipinski definition) is 2. The number of likely N-dealkylation sites (N-methyl/N-ethyl adjacent to an activating group) is 1. The maximum atomic E-state index is 12.4. The first-order valence-electron chi connectivity index (χ1n) is 5.59. The zero-order valence-corrected chi connectivity index (χ0v) is 12.1. The summed E-state index contributed by atoms with van der Waals surface area (Å²) < 4.78 is 26.0. The molecule has 2 N–H and O–H groups in total. The highest BCUT2D eigenvalue weighted by atomic mass is 32.2. The molecule has 6 nitrogen and oxygen atoms in total. The van der Waals surface area contributed by atoms with Crippen molar-refractivity contribution in [3.8, 4) is 0 Å². The number of rotatable bonds is 6. The molecule has 0 unspecified atom stereocenters. The zero-order chi connectivity index (χ0) is 13.9. The van der Waals surface area contributed by atoms with Gasteiger partial charge in [-0.15, -0.1) is 0 Å². The van der Waals surface area contributed by atoms with Gasteiger partial charge in [-0.3, -0.25) is 5.10 Å². The summed E-state index contributed by atoms with van der Waals surface area (Å²) in [6.07, 6.45) is 0. The maximum Gasteiger partial charge on any atom is 0.262 e. The monoisotopic (exact) mass is 272 g/mol. The minimum Gasteiger partial charge on any atom is -0.316 e. The molecule has 0 aliphatic carbocycles. The molecule has 0 spiro atoms. The quantitative estimate of drug-likeness (QED) is 0.745. The molecular formula is C11H20N4O2S. The number of H-pyrrole nitrogens is 1. The predicted octanol–water partition coefficient (Wildman–Crippen LogP) is 0.634. The van der Waals surface area contributed by atoms with E-state index in [4.69, 9.17) is 0 Å². The summed E-state index contributed by atoms with van der Waals surface area (Å²) in [5, 5.41) is 9.65. The molecule has 0 saturated carbocycles. The summed E-state index contributed by atoms with van der Waals surface area (Å²) in [7, 11) is -0.287. The van der Waals surface area contributed by atoms with E-state index in [0.717, 1.165) is 11.3 Å². The number of aromatic nitrogens is 2. The molecule has 1 rings (SSSR count). The van der Waals surface area contributed by atoms with E-state index >= 15 is 0 Å². The molecule has 0 saturated heterocycles. The molecule has 0 fully saturated rings. The average Bonchev–Trinajstić information content (AvgIpc) is 2.60. The fourth-order valence-corrected chi connectivity index (χ4v) is 3.02. The largest absolute Gasteiger partial charge is 0.316 e. The molecule has 7 heteroatoms. The van der Waals surface area contributed by atoms with Crippen molar-refractivity contribution in [2.24, 2.45) is 0 Å². The predicted molar refractivity (Wildman–Crippen MR) is 70.7 cm³/mol. The Morgan fingerprint density at radius 2 is 2.17 bits per heavy atom.